The molecule has 12 nitrogen and oxygen atoms in total. The monoisotopic (exact) mass is 1340 g/mol. The van der Waals surface area contributed by atoms with E-state index in [1.54, 1.807) is 0 Å². The van der Waals surface area contributed by atoms with Crippen molar-refractivity contribution in [3.63, 3.8) is 0 Å². The third-order valence-electron chi connectivity index (χ3n) is 0. The van der Waals surface area contributed by atoms with Gasteiger partial charge in [-0.1, -0.05) is 0 Å². The Kier molecular flexibility index (Phi) is 129. The van der Waals surface area contributed by atoms with Gasteiger partial charge in [-0.2, -0.15) is 70.8 Å². The van der Waals surface area contributed by atoms with Crippen LogP contribution in [0.2, 0.25) is 0 Å². The van der Waals surface area contributed by atoms with Crippen LogP contribution >= 0.6 is 34.2 Å². The summed E-state index contributed by atoms with van der Waals surface area (Å²) in [4.78, 5) is 111. The van der Waals surface area contributed by atoms with E-state index in [9.17, 15) is 58.7 Å². The summed E-state index contributed by atoms with van der Waals surface area (Å²) < 4.78 is 0. The van der Waals surface area contributed by atoms with Gasteiger partial charge in [0.25, 0.3) is 0 Å². The van der Waals surface area contributed by atoms with E-state index in [0.29, 0.717) is 0 Å². The zero-order chi connectivity index (χ0) is 27.0. The summed E-state index contributed by atoms with van der Waals surface area (Å²) in [5.74, 6) is 0. The Morgan fingerprint density at radius 3 is 0.231 bits per heavy atom. The van der Waals surface area contributed by atoms with E-state index in [-0.39, 0.29) is 175 Å². The van der Waals surface area contributed by atoms with Crippen molar-refractivity contribution in [3.8, 4) is 0 Å². The number of hydrogen-bond donors (Lipinski definition) is 0. The van der Waals surface area contributed by atoms with E-state index in [1.807, 2.05) is 0 Å². The quantitative estimate of drug-likeness (QED) is 0.124. The van der Waals surface area contributed by atoms with Gasteiger partial charge < -0.3 is 166 Å². The summed E-state index contributed by atoms with van der Waals surface area (Å²) in [5, 5.41) is 0. The molecular weight excluding hydrogens is 1350 g/mol. The van der Waals surface area contributed by atoms with E-state index in [4.69, 9.17) is 0 Å². The molecule has 0 aliphatic carbocycles. The molecule has 0 rings (SSSR count). The molecule has 0 fully saturated rings. The molecule has 0 unspecified atom stereocenters. The normalized spacial score (nSPS) is 9.08. The fourth-order valence-electron chi connectivity index (χ4n) is 0. The maximum absolute atomic E-state index is 9.29. The van der Waals surface area contributed by atoms with E-state index in [1.165, 1.54) is 0 Å². The molecule has 0 saturated carbocycles. The fourth-order valence-corrected chi connectivity index (χ4v) is 0. The Balaban J connectivity index is -0.0000000130. The van der Waals surface area contributed by atoms with Crippen molar-refractivity contribution in [3.05, 3.63) is 0 Å². The molecule has 0 spiro atoms. The van der Waals surface area contributed by atoms with E-state index in [0.717, 1.165) is 0 Å². The van der Waals surface area contributed by atoms with Gasteiger partial charge in [-0.3, -0.25) is 0 Å². The van der Waals surface area contributed by atoms with Crippen LogP contribution in [0.3, 0.4) is 0 Å². The summed E-state index contributed by atoms with van der Waals surface area (Å²) in [6.07, 6.45) is 0. The van der Waals surface area contributed by atoms with Crippen LogP contribution in [0.4, 0.5) is 0 Å². The minimum Gasteiger partial charge on any atom is -0.850 e. The van der Waals surface area contributed by atoms with Crippen molar-refractivity contribution < 1.29 is 234 Å². The first-order valence-corrected chi connectivity index (χ1v) is 26.3. The maximum atomic E-state index is 9.29. The summed E-state index contributed by atoms with van der Waals surface area (Å²) >= 11 is 43.7. The molecule has 0 aromatic carbocycles. The van der Waals surface area contributed by atoms with Crippen LogP contribution < -0.4 is 58.7 Å². The first-order valence-electron chi connectivity index (χ1n) is 4.38. The largest absolute Gasteiger partial charge is 2.00 e. The van der Waals surface area contributed by atoms with Crippen molar-refractivity contribution in [2.24, 2.45) is 0 Å². The van der Waals surface area contributed by atoms with Crippen LogP contribution in [0, 0.1) is 0 Å². The first kappa shape index (κ1) is 98.0. The fraction of sp³-hybridized carbons (Fsp3) is 0. The van der Waals surface area contributed by atoms with E-state index in [2.05, 4.69) is 144 Å². The second-order valence-electron chi connectivity index (χ2n) is 2.68. The summed E-state index contributed by atoms with van der Waals surface area (Å²) in [7, 11) is 0. The van der Waals surface area contributed by atoms with Gasteiger partial charge in [0.05, 0.1) is 0 Å². The molecule has 0 aliphatic rings. The molecule has 0 radical (unpaired) electrons. The minimum absolute atomic E-state index is 0. The Bertz CT molecular complexity index is 508. The van der Waals surface area contributed by atoms with Gasteiger partial charge in [-0.15, -0.1) is 0 Å². The zero-order valence-corrected chi connectivity index (χ0v) is 60.7. The van der Waals surface area contributed by atoms with Crippen LogP contribution in [0.15, 0.2) is 0 Å². The number of hydrogen-bond acceptors (Lipinski definition) is 24. The maximum Gasteiger partial charge on any atom is 2.00 e. The standard InChI is InChI=1S/6H3O2PS2.9Zn/c6*1-3(2,4)5;;;;;;;;;/h6*(H3,1,2,4,5);;;;;;;;;/q;;;;;;9*+2/p-18. The molecule has 0 atom stereocenters. The molecule has 0 heterocycles. The third-order valence-corrected chi connectivity index (χ3v) is 0. The molecule has 0 aromatic heterocycles. The summed E-state index contributed by atoms with van der Waals surface area (Å²) in [5.41, 5.74) is -22.3. The van der Waals surface area contributed by atoms with E-state index < -0.39 is 34.2 Å². The second kappa shape index (κ2) is 51.2. The van der Waals surface area contributed by atoms with Crippen LogP contribution in [0.25, 0.3) is 0 Å². The molecule has 0 amide bonds. The van der Waals surface area contributed by atoms with Gasteiger partial charge in [0.1, 0.15) is 0 Å². The Morgan fingerprint density at radius 2 is 0.231 bits per heavy atom. The van der Waals surface area contributed by atoms with Crippen molar-refractivity contribution in [1.82, 2.24) is 0 Å². The number of rotatable bonds is 0. The predicted octanol–water partition coefficient (Wildman–Crippen LogP) is -9.15. The molecule has 39 heavy (non-hydrogen) atoms. The molecule has 39 heteroatoms. The molecule has 0 N–H and O–H groups in total. The van der Waals surface area contributed by atoms with Crippen LogP contribution in [0.1, 0.15) is 0 Å². The van der Waals surface area contributed by atoms with Crippen molar-refractivity contribution in [2.75, 3.05) is 0 Å². The van der Waals surface area contributed by atoms with Crippen LogP contribution in [0.5, 0.6) is 0 Å². The smallest absolute Gasteiger partial charge is 0.850 e. The average Bonchev–Trinajstić information content (AvgIpc) is 1.94. The van der Waals surface area contributed by atoms with Gasteiger partial charge in [0.15, 0.2) is 0 Å². The Labute approximate surface area is 404 Å². The summed E-state index contributed by atoms with van der Waals surface area (Å²) in [6.45, 7) is 0. The zero-order valence-electron chi connectivity index (χ0n) is 18.8. The van der Waals surface area contributed by atoms with Gasteiger partial charge in [-0.25, -0.2) is 0 Å². The Morgan fingerprint density at radius 1 is 0.231 bits per heavy atom. The topological polar surface area (TPSA) is 277 Å². The average molecular weight is 1350 g/mol. The van der Waals surface area contributed by atoms with Gasteiger partial charge in [0.2, 0.25) is 0 Å². The first-order chi connectivity index (χ1) is 12.0. The van der Waals surface area contributed by atoms with Gasteiger partial charge in [0, 0.05) is 0 Å². The van der Waals surface area contributed by atoms with E-state index >= 15 is 0 Å². The predicted molar refractivity (Wildman–Crippen MR) is 130 cm³/mol. The molecule has 0 aliphatic heterocycles. The van der Waals surface area contributed by atoms with Crippen LogP contribution in [-0.2, 0) is 320 Å². The van der Waals surface area contributed by atoms with Gasteiger partial charge in [-0.05, 0) is 0 Å². The molecule has 192 valence electrons. The third kappa shape index (κ3) is 881. The summed E-state index contributed by atoms with van der Waals surface area (Å²) in [6, 6.07) is 0. The van der Waals surface area contributed by atoms with Crippen molar-refractivity contribution in [2.45, 2.75) is 0 Å². The van der Waals surface area contributed by atoms with Gasteiger partial charge >= 0.3 is 175 Å². The minimum atomic E-state index is -3.72. The second-order valence-corrected chi connectivity index (χ2v) is 29.5. The molecule has 0 aromatic rings. The van der Waals surface area contributed by atoms with Crippen molar-refractivity contribution >= 4 is 178 Å². The Hall–Kier alpha value is 11.1. The van der Waals surface area contributed by atoms with Crippen molar-refractivity contribution in [1.29, 1.82) is 0 Å². The van der Waals surface area contributed by atoms with Crippen LogP contribution in [-0.4, -0.2) is 0 Å². The molecule has 0 saturated heterocycles. The molecule has 0 bridgehead atoms. The molecular formula is O12P6S12Zn9. The SMILES string of the molecule is [O-]P([O-])(=S)[S-].[O-]P([O-])(=S)[S-].[O-]P([O-])(=S)[S-].[O-]P([O-])(=S)[S-].[O-]P([O-])(=S)[S-].[O-]P([O-])(=S)[S-].[Zn+2].[Zn+2].[Zn+2].[Zn+2].[Zn+2].[Zn+2].[Zn+2].[Zn+2].[Zn+2].